The van der Waals surface area contributed by atoms with E-state index >= 15 is 0 Å². The lowest BCUT2D eigenvalue weighted by molar-refractivity contribution is 0.598. The molecule has 0 aliphatic carbocycles. The van der Waals surface area contributed by atoms with Crippen LogP contribution >= 0.6 is 15.9 Å². The van der Waals surface area contributed by atoms with E-state index in [0.29, 0.717) is 10.5 Å². The highest BCUT2D eigenvalue weighted by Gasteiger charge is 2.17. The van der Waals surface area contributed by atoms with Gasteiger partial charge in [0.15, 0.2) is 0 Å². The Morgan fingerprint density at radius 2 is 2.36 bits per heavy atom. The zero-order chi connectivity index (χ0) is 10.1. The van der Waals surface area contributed by atoms with Gasteiger partial charge in [0.2, 0.25) is 0 Å². The Labute approximate surface area is 91.8 Å². The zero-order valence-corrected chi connectivity index (χ0v) is 9.70. The van der Waals surface area contributed by atoms with E-state index in [1.54, 1.807) is 6.07 Å². The Morgan fingerprint density at radius 1 is 1.57 bits per heavy atom. The summed E-state index contributed by atoms with van der Waals surface area (Å²) in [6.07, 6.45) is 3.28. The van der Waals surface area contributed by atoms with Gasteiger partial charge in [0.05, 0.1) is 4.47 Å². The van der Waals surface area contributed by atoms with Crippen molar-refractivity contribution in [3.63, 3.8) is 0 Å². The Morgan fingerprint density at radius 3 is 3.07 bits per heavy atom. The normalized spacial score (nSPS) is 20.1. The summed E-state index contributed by atoms with van der Waals surface area (Å²) in [6.45, 7) is 2.15. The monoisotopic (exact) mass is 257 g/mol. The molecule has 1 aliphatic rings. The quantitative estimate of drug-likeness (QED) is 0.809. The molecule has 1 aliphatic heterocycles. The van der Waals surface area contributed by atoms with Crippen molar-refractivity contribution < 1.29 is 4.39 Å². The van der Waals surface area contributed by atoms with Crippen molar-refractivity contribution in [3.05, 3.63) is 28.0 Å². The van der Waals surface area contributed by atoms with Crippen molar-refractivity contribution in [1.82, 2.24) is 0 Å². The molecule has 3 heteroatoms. The molecule has 76 valence electrons. The first kappa shape index (κ1) is 9.97. The Balaban J connectivity index is 2.33. The third-order valence-electron chi connectivity index (χ3n) is 2.76. The summed E-state index contributed by atoms with van der Waals surface area (Å²) in [4.78, 5) is 0. The number of fused-ring (bicyclic) bond motifs is 1. The molecule has 1 heterocycles. The highest BCUT2D eigenvalue weighted by Crippen LogP contribution is 2.30. The number of nitrogens with one attached hydrogen (secondary N) is 1. The van der Waals surface area contributed by atoms with Crippen LogP contribution < -0.4 is 5.32 Å². The van der Waals surface area contributed by atoms with E-state index in [4.69, 9.17) is 0 Å². The molecule has 0 fully saturated rings. The van der Waals surface area contributed by atoms with Crippen molar-refractivity contribution in [2.24, 2.45) is 0 Å². The minimum absolute atomic E-state index is 0.187. The summed E-state index contributed by atoms with van der Waals surface area (Å²) in [5.41, 5.74) is 2.17. The molecule has 0 aromatic heterocycles. The summed E-state index contributed by atoms with van der Waals surface area (Å²) in [5, 5.41) is 3.35. The SMILES string of the molecule is CCC1CCc2cc(Br)c(F)cc2N1. The third-order valence-corrected chi connectivity index (χ3v) is 3.37. The molecule has 0 saturated carbocycles. The third kappa shape index (κ3) is 1.78. The smallest absolute Gasteiger partial charge is 0.139 e. The van der Waals surface area contributed by atoms with Gasteiger partial charge in [-0.15, -0.1) is 0 Å². The van der Waals surface area contributed by atoms with Crippen molar-refractivity contribution >= 4 is 21.6 Å². The van der Waals surface area contributed by atoms with Crippen LogP contribution in [0.1, 0.15) is 25.3 Å². The molecule has 0 bridgehead atoms. The number of aryl methyl sites for hydroxylation is 1. The molecule has 1 aromatic carbocycles. The molecule has 0 radical (unpaired) electrons. The minimum atomic E-state index is -0.187. The van der Waals surface area contributed by atoms with Gasteiger partial charge in [0, 0.05) is 11.7 Å². The number of rotatable bonds is 1. The summed E-state index contributed by atoms with van der Waals surface area (Å²) in [5.74, 6) is -0.187. The van der Waals surface area contributed by atoms with Gasteiger partial charge in [-0.25, -0.2) is 4.39 Å². The second-order valence-electron chi connectivity index (χ2n) is 3.71. The lowest BCUT2D eigenvalue weighted by Gasteiger charge is -2.26. The molecule has 1 N–H and O–H groups in total. The van der Waals surface area contributed by atoms with E-state index in [1.165, 1.54) is 5.56 Å². The zero-order valence-electron chi connectivity index (χ0n) is 8.11. The van der Waals surface area contributed by atoms with Gasteiger partial charge in [-0.3, -0.25) is 0 Å². The van der Waals surface area contributed by atoms with Crippen LogP contribution in [0.3, 0.4) is 0 Å². The topological polar surface area (TPSA) is 12.0 Å². The Hall–Kier alpha value is -0.570. The lowest BCUT2D eigenvalue weighted by atomic mass is 9.97. The summed E-state index contributed by atoms with van der Waals surface area (Å²) in [6, 6.07) is 3.97. The predicted octanol–water partition coefficient (Wildman–Crippen LogP) is 3.72. The molecule has 0 amide bonds. The van der Waals surface area contributed by atoms with Crippen molar-refractivity contribution in [3.8, 4) is 0 Å². The van der Waals surface area contributed by atoms with Gasteiger partial charge in [-0.05, 0) is 52.9 Å². The number of benzene rings is 1. The van der Waals surface area contributed by atoms with Crippen LogP contribution in [0.15, 0.2) is 16.6 Å². The van der Waals surface area contributed by atoms with E-state index in [9.17, 15) is 4.39 Å². The molecule has 2 rings (SSSR count). The van der Waals surface area contributed by atoms with Gasteiger partial charge in [0.1, 0.15) is 5.82 Å². The van der Waals surface area contributed by atoms with Crippen LogP contribution in [-0.2, 0) is 6.42 Å². The van der Waals surface area contributed by atoms with Gasteiger partial charge >= 0.3 is 0 Å². The van der Waals surface area contributed by atoms with Gasteiger partial charge in [-0.2, -0.15) is 0 Å². The molecule has 1 aromatic rings. The van der Waals surface area contributed by atoms with Crippen molar-refractivity contribution in [1.29, 1.82) is 0 Å². The van der Waals surface area contributed by atoms with Gasteiger partial charge < -0.3 is 5.32 Å². The molecule has 0 spiro atoms. The average Bonchev–Trinajstić information content (AvgIpc) is 2.19. The van der Waals surface area contributed by atoms with E-state index < -0.39 is 0 Å². The van der Waals surface area contributed by atoms with E-state index in [2.05, 4.69) is 28.2 Å². The Bertz CT molecular complexity index is 351. The van der Waals surface area contributed by atoms with Crippen molar-refractivity contribution in [2.45, 2.75) is 32.2 Å². The van der Waals surface area contributed by atoms with Crippen LogP contribution in [-0.4, -0.2) is 6.04 Å². The number of hydrogen-bond acceptors (Lipinski definition) is 1. The van der Waals surface area contributed by atoms with Crippen LogP contribution in [0, 0.1) is 5.82 Å². The molecule has 1 nitrogen and oxygen atoms in total. The number of anilines is 1. The van der Waals surface area contributed by atoms with E-state index in [1.807, 2.05) is 6.07 Å². The second-order valence-corrected chi connectivity index (χ2v) is 4.57. The second kappa shape index (κ2) is 3.89. The fourth-order valence-corrected chi connectivity index (χ4v) is 2.25. The maximum atomic E-state index is 13.3. The maximum absolute atomic E-state index is 13.3. The van der Waals surface area contributed by atoms with Crippen LogP contribution in [0.5, 0.6) is 0 Å². The average molecular weight is 258 g/mol. The standard InChI is InChI=1S/C11H13BrFN/c1-2-8-4-3-7-5-9(12)10(13)6-11(7)14-8/h5-6,8,14H,2-4H2,1H3. The first-order valence-electron chi connectivity index (χ1n) is 4.95. The predicted molar refractivity (Wildman–Crippen MR) is 60.1 cm³/mol. The van der Waals surface area contributed by atoms with Crippen molar-refractivity contribution in [2.75, 3.05) is 5.32 Å². The summed E-state index contributed by atoms with van der Waals surface area (Å²) in [7, 11) is 0. The first-order valence-corrected chi connectivity index (χ1v) is 5.74. The van der Waals surface area contributed by atoms with Crippen LogP contribution in [0.4, 0.5) is 10.1 Å². The van der Waals surface area contributed by atoms with Gasteiger partial charge in [0.25, 0.3) is 0 Å². The number of halogens is 2. The summed E-state index contributed by atoms with van der Waals surface area (Å²) >= 11 is 3.20. The number of hydrogen-bond donors (Lipinski definition) is 1. The highest BCUT2D eigenvalue weighted by molar-refractivity contribution is 9.10. The molecule has 14 heavy (non-hydrogen) atoms. The molecule has 1 atom stereocenters. The van der Waals surface area contributed by atoms with Crippen LogP contribution in [0.25, 0.3) is 0 Å². The Kier molecular flexibility index (Phi) is 2.77. The van der Waals surface area contributed by atoms with Gasteiger partial charge in [-0.1, -0.05) is 6.92 Å². The van der Waals surface area contributed by atoms with E-state index in [-0.39, 0.29) is 5.82 Å². The lowest BCUT2D eigenvalue weighted by Crippen LogP contribution is -2.24. The minimum Gasteiger partial charge on any atom is -0.382 e. The highest BCUT2D eigenvalue weighted by atomic mass is 79.9. The first-order chi connectivity index (χ1) is 6.70. The molecule has 0 saturated heterocycles. The van der Waals surface area contributed by atoms with E-state index in [0.717, 1.165) is 24.9 Å². The molecule has 1 unspecified atom stereocenters. The summed E-state index contributed by atoms with van der Waals surface area (Å²) < 4.78 is 13.8. The fraction of sp³-hybridized carbons (Fsp3) is 0.455. The fourth-order valence-electron chi connectivity index (χ4n) is 1.86. The largest absolute Gasteiger partial charge is 0.382 e. The molecular weight excluding hydrogens is 245 g/mol. The molecular formula is C11H13BrFN. The van der Waals surface area contributed by atoms with Crippen LogP contribution in [0.2, 0.25) is 0 Å². The maximum Gasteiger partial charge on any atom is 0.139 e.